The van der Waals surface area contributed by atoms with E-state index in [0.29, 0.717) is 45.6 Å². The van der Waals surface area contributed by atoms with Gasteiger partial charge in [-0.15, -0.1) is 0 Å². The Kier molecular flexibility index (Phi) is 5.49. The van der Waals surface area contributed by atoms with Crippen molar-refractivity contribution in [3.63, 3.8) is 0 Å². The van der Waals surface area contributed by atoms with Crippen LogP contribution in [0, 0.1) is 5.92 Å². The summed E-state index contributed by atoms with van der Waals surface area (Å²) in [4.78, 5) is 7.86. The van der Waals surface area contributed by atoms with Crippen molar-refractivity contribution < 1.29 is 14.2 Å². The minimum atomic E-state index is 0.377. The molecule has 0 saturated heterocycles. The number of halogens is 2. The summed E-state index contributed by atoms with van der Waals surface area (Å²) < 4.78 is 16.4. The van der Waals surface area contributed by atoms with Crippen LogP contribution < -0.4 is 14.2 Å². The molecule has 138 valence electrons. The van der Waals surface area contributed by atoms with Crippen molar-refractivity contribution in [3.8, 4) is 28.6 Å². The van der Waals surface area contributed by atoms with Crippen LogP contribution in [0.4, 0.5) is 0 Å². The maximum Gasteiger partial charge on any atom is 0.163 e. The molecule has 1 aromatic heterocycles. The number of hydrogen-bond donors (Lipinski definition) is 1. The molecule has 0 fully saturated rings. The molecule has 1 N–H and O–H groups in total. The fourth-order valence-corrected chi connectivity index (χ4v) is 3.15. The minimum Gasteiger partial charge on any atom is -0.493 e. The van der Waals surface area contributed by atoms with E-state index < -0.39 is 0 Å². The van der Waals surface area contributed by atoms with Gasteiger partial charge in [-0.2, -0.15) is 0 Å². The lowest BCUT2D eigenvalue weighted by molar-refractivity contribution is 0.271. The summed E-state index contributed by atoms with van der Waals surface area (Å²) in [5.74, 6) is 2.76. The lowest BCUT2D eigenvalue weighted by Gasteiger charge is -2.12. The second kappa shape index (κ2) is 7.64. The molecule has 0 radical (unpaired) electrons. The number of benzene rings is 2. The van der Waals surface area contributed by atoms with E-state index in [1.54, 1.807) is 26.4 Å². The summed E-state index contributed by atoms with van der Waals surface area (Å²) in [6.07, 6.45) is 0. The zero-order valence-corrected chi connectivity index (χ0v) is 16.5. The van der Waals surface area contributed by atoms with Gasteiger partial charge in [-0.25, -0.2) is 4.98 Å². The van der Waals surface area contributed by atoms with Crippen LogP contribution >= 0.6 is 23.2 Å². The number of imidazole rings is 1. The van der Waals surface area contributed by atoms with E-state index in [-0.39, 0.29) is 0 Å². The Morgan fingerprint density at radius 3 is 2.19 bits per heavy atom. The second-order valence-corrected chi connectivity index (χ2v) is 7.10. The summed E-state index contributed by atoms with van der Waals surface area (Å²) in [5.41, 5.74) is 2.35. The topological polar surface area (TPSA) is 56.4 Å². The van der Waals surface area contributed by atoms with Gasteiger partial charge in [0.15, 0.2) is 17.2 Å². The first-order chi connectivity index (χ1) is 12.4. The van der Waals surface area contributed by atoms with Crippen molar-refractivity contribution >= 4 is 34.2 Å². The van der Waals surface area contributed by atoms with Crippen molar-refractivity contribution in [1.82, 2.24) is 9.97 Å². The lowest BCUT2D eigenvalue weighted by Crippen LogP contribution is -2.05. The van der Waals surface area contributed by atoms with E-state index in [1.165, 1.54) is 0 Å². The number of H-pyrrole nitrogens is 1. The van der Waals surface area contributed by atoms with Gasteiger partial charge in [-0.3, -0.25) is 0 Å². The van der Waals surface area contributed by atoms with E-state index in [1.807, 2.05) is 12.1 Å². The molecule has 0 atom stereocenters. The predicted molar refractivity (Wildman–Crippen MR) is 105 cm³/mol. The molecule has 0 unspecified atom stereocenters. The molecule has 0 bridgehead atoms. The highest BCUT2D eigenvalue weighted by Crippen LogP contribution is 2.38. The third-order valence-corrected chi connectivity index (χ3v) is 4.38. The Bertz CT molecular complexity index is 874. The van der Waals surface area contributed by atoms with Crippen LogP contribution in [0.3, 0.4) is 0 Å². The number of nitrogens with one attached hydrogen (secondary N) is 1. The van der Waals surface area contributed by atoms with Gasteiger partial charge in [0.2, 0.25) is 0 Å². The van der Waals surface area contributed by atoms with Crippen LogP contribution in [0.15, 0.2) is 24.3 Å². The molecule has 0 aliphatic rings. The van der Waals surface area contributed by atoms with E-state index in [2.05, 4.69) is 23.8 Å². The van der Waals surface area contributed by atoms with Crippen LogP contribution in [-0.2, 0) is 0 Å². The Labute approximate surface area is 162 Å². The highest BCUT2D eigenvalue weighted by molar-refractivity contribution is 6.37. The predicted octanol–water partition coefficient (Wildman–Crippen LogP) is 5.59. The third-order valence-electron chi connectivity index (χ3n) is 3.82. The number of rotatable bonds is 6. The number of nitrogens with zero attached hydrogens (tertiary/aromatic N) is 1. The van der Waals surface area contributed by atoms with Crippen LogP contribution in [0.25, 0.3) is 22.4 Å². The van der Waals surface area contributed by atoms with Gasteiger partial charge in [0, 0.05) is 17.7 Å². The van der Waals surface area contributed by atoms with Gasteiger partial charge in [0.05, 0.1) is 41.9 Å². The summed E-state index contributed by atoms with van der Waals surface area (Å²) in [7, 11) is 3.18. The molecule has 3 aromatic rings. The van der Waals surface area contributed by atoms with Crippen molar-refractivity contribution in [2.45, 2.75) is 13.8 Å². The molecule has 2 aromatic carbocycles. The minimum absolute atomic E-state index is 0.377. The van der Waals surface area contributed by atoms with Crippen LogP contribution in [0.2, 0.25) is 10.0 Å². The van der Waals surface area contributed by atoms with Crippen molar-refractivity contribution in [1.29, 1.82) is 0 Å². The van der Waals surface area contributed by atoms with Gasteiger partial charge in [0.25, 0.3) is 0 Å². The standard InChI is InChI=1S/C19H20Cl2N2O3/c1-10(2)9-26-18-12(20)5-11(6-13(18)21)19-22-14-7-16(24-3)17(25-4)8-15(14)23-19/h5-8,10H,9H2,1-4H3,(H,22,23). The SMILES string of the molecule is COc1cc2nc(-c3cc(Cl)c(OCC(C)C)c(Cl)c3)[nH]c2cc1OC. The average Bonchev–Trinajstić information content (AvgIpc) is 3.02. The zero-order valence-electron chi connectivity index (χ0n) is 15.0. The molecule has 26 heavy (non-hydrogen) atoms. The number of aromatic amines is 1. The summed E-state index contributed by atoms with van der Waals surface area (Å²) >= 11 is 12.7. The zero-order chi connectivity index (χ0) is 18.8. The van der Waals surface area contributed by atoms with Crippen molar-refractivity contribution in [2.24, 2.45) is 5.92 Å². The molecule has 0 aliphatic heterocycles. The summed E-state index contributed by atoms with van der Waals surface area (Å²) in [6, 6.07) is 7.23. The molecule has 7 heteroatoms. The van der Waals surface area contributed by atoms with Crippen LogP contribution in [0.1, 0.15) is 13.8 Å². The monoisotopic (exact) mass is 394 g/mol. The Morgan fingerprint density at radius 1 is 1.00 bits per heavy atom. The maximum absolute atomic E-state index is 6.37. The van der Waals surface area contributed by atoms with E-state index in [0.717, 1.165) is 16.6 Å². The Hall–Kier alpha value is -2.11. The summed E-state index contributed by atoms with van der Waals surface area (Å²) in [5, 5.41) is 0.896. The Morgan fingerprint density at radius 2 is 1.62 bits per heavy atom. The van der Waals surface area contributed by atoms with Gasteiger partial charge in [-0.1, -0.05) is 37.0 Å². The lowest BCUT2D eigenvalue weighted by atomic mass is 10.2. The van der Waals surface area contributed by atoms with Crippen LogP contribution in [-0.4, -0.2) is 30.8 Å². The first-order valence-corrected chi connectivity index (χ1v) is 8.92. The molecule has 0 amide bonds. The molecular formula is C19H20Cl2N2O3. The number of fused-ring (bicyclic) bond motifs is 1. The molecule has 0 aliphatic carbocycles. The molecular weight excluding hydrogens is 375 g/mol. The van der Waals surface area contributed by atoms with E-state index in [4.69, 9.17) is 37.4 Å². The molecule has 5 nitrogen and oxygen atoms in total. The van der Waals surface area contributed by atoms with Gasteiger partial charge in [-0.05, 0) is 18.1 Å². The van der Waals surface area contributed by atoms with Gasteiger partial charge in [0.1, 0.15) is 5.82 Å². The molecule has 3 rings (SSSR count). The fraction of sp³-hybridized carbons (Fsp3) is 0.316. The second-order valence-electron chi connectivity index (χ2n) is 6.28. The number of ether oxygens (including phenoxy) is 3. The van der Waals surface area contributed by atoms with E-state index >= 15 is 0 Å². The average molecular weight is 395 g/mol. The third kappa shape index (κ3) is 3.69. The van der Waals surface area contributed by atoms with Crippen LogP contribution in [0.5, 0.6) is 17.2 Å². The molecule has 0 spiro atoms. The summed E-state index contributed by atoms with van der Waals surface area (Å²) in [6.45, 7) is 4.67. The van der Waals surface area contributed by atoms with Crippen molar-refractivity contribution in [3.05, 3.63) is 34.3 Å². The Balaban J connectivity index is 2.01. The first-order valence-electron chi connectivity index (χ1n) is 8.17. The van der Waals surface area contributed by atoms with Crippen molar-refractivity contribution in [2.75, 3.05) is 20.8 Å². The fourth-order valence-electron chi connectivity index (χ4n) is 2.56. The largest absolute Gasteiger partial charge is 0.493 e. The number of aromatic nitrogens is 2. The van der Waals surface area contributed by atoms with E-state index in [9.17, 15) is 0 Å². The van der Waals surface area contributed by atoms with Gasteiger partial charge >= 0.3 is 0 Å². The van der Waals surface area contributed by atoms with Gasteiger partial charge < -0.3 is 19.2 Å². The maximum atomic E-state index is 6.37. The normalized spacial score (nSPS) is 11.2. The number of methoxy groups -OCH3 is 2. The quantitative estimate of drug-likeness (QED) is 0.591. The first kappa shape index (κ1) is 18.7. The molecule has 0 saturated carbocycles. The smallest absolute Gasteiger partial charge is 0.163 e. The molecule has 1 heterocycles. The highest BCUT2D eigenvalue weighted by Gasteiger charge is 2.15. The number of hydrogen-bond acceptors (Lipinski definition) is 4. The highest BCUT2D eigenvalue weighted by atomic mass is 35.5.